The summed E-state index contributed by atoms with van der Waals surface area (Å²) in [6.07, 6.45) is -5.96. The number of nitrogens with zero attached hydrogens (tertiary/aromatic N) is 1. The van der Waals surface area contributed by atoms with Crippen LogP contribution in [-0.2, 0) is 17.6 Å². The lowest BCUT2D eigenvalue weighted by Gasteiger charge is -2.39. The van der Waals surface area contributed by atoms with Crippen molar-refractivity contribution in [3.05, 3.63) is 58.7 Å². The van der Waals surface area contributed by atoms with Crippen molar-refractivity contribution in [2.75, 3.05) is 6.61 Å². The highest BCUT2D eigenvalue weighted by atomic mass is 16.7. The molecule has 0 amide bonds. The van der Waals surface area contributed by atoms with Gasteiger partial charge in [0.05, 0.1) is 18.2 Å². The summed E-state index contributed by atoms with van der Waals surface area (Å²) in [5, 5.41) is 58.9. The molecular formula is C22H25NO7. The Morgan fingerprint density at radius 2 is 1.70 bits per heavy atom. The Kier molecular flexibility index (Phi) is 6.92. The minimum absolute atomic E-state index is 0.0569. The Morgan fingerprint density at radius 1 is 1.03 bits per heavy atom. The third-order valence-electron chi connectivity index (χ3n) is 5.22. The fraction of sp³-hybridized carbons (Fsp3) is 0.409. The molecule has 1 heterocycles. The van der Waals surface area contributed by atoms with Gasteiger partial charge in [-0.1, -0.05) is 31.2 Å². The molecule has 2 aromatic rings. The zero-order chi connectivity index (χ0) is 21.8. The summed E-state index contributed by atoms with van der Waals surface area (Å²) in [7, 11) is 0. The third kappa shape index (κ3) is 4.56. The Labute approximate surface area is 174 Å². The van der Waals surface area contributed by atoms with Gasteiger partial charge in [-0.05, 0) is 35.6 Å². The predicted molar refractivity (Wildman–Crippen MR) is 106 cm³/mol. The van der Waals surface area contributed by atoms with Crippen LogP contribution in [0.5, 0.6) is 11.5 Å². The number of benzene rings is 2. The molecule has 0 aliphatic carbocycles. The molecule has 0 bridgehead atoms. The van der Waals surface area contributed by atoms with Crippen LogP contribution in [0.2, 0.25) is 0 Å². The summed E-state index contributed by atoms with van der Waals surface area (Å²) in [5.74, 6) is -0.396. The Bertz CT molecular complexity index is 907. The second-order valence-electron chi connectivity index (χ2n) is 7.25. The third-order valence-corrected chi connectivity index (χ3v) is 5.22. The summed E-state index contributed by atoms with van der Waals surface area (Å²) in [6.45, 7) is 1.47. The predicted octanol–water partition coefficient (Wildman–Crippen LogP) is 0.596. The van der Waals surface area contributed by atoms with Crippen molar-refractivity contribution < 1.29 is 35.0 Å². The van der Waals surface area contributed by atoms with Gasteiger partial charge in [0.2, 0.25) is 6.29 Å². The first-order valence-corrected chi connectivity index (χ1v) is 9.68. The molecule has 1 fully saturated rings. The maximum atomic E-state index is 10.3. The Morgan fingerprint density at radius 3 is 2.30 bits per heavy atom. The van der Waals surface area contributed by atoms with Crippen LogP contribution in [0, 0.1) is 11.3 Å². The maximum Gasteiger partial charge on any atom is 0.229 e. The number of aliphatic hydroxyl groups is 4. The van der Waals surface area contributed by atoms with E-state index in [1.54, 1.807) is 0 Å². The zero-order valence-electron chi connectivity index (χ0n) is 16.5. The molecule has 5 N–H and O–H groups in total. The van der Waals surface area contributed by atoms with Crippen LogP contribution in [0.15, 0.2) is 36.4 Å². The highest BCUT2D eigenvalue weighted by Gasteiger charge is 2.45. The molecular weight excluding hydrogens is 390 g/mol. The second-order valence-corrected chi connectivity index (χ2v) is 7.25. The number of nitriles is 1. The number of hydrogen-bond acceptors (Lipinski definition) is 8. The Hall–Kier alpha value is -2.67. The summed E-state index contributed by atoms with van der Waals surface area (Å²) >= 11 is 0. The van der Waals surface area contributed by atoms with Crippen LogP contribution in [-0.4, -0.2) is 62.8 Å². The summed E-state index contributed by atoms with van der Waals surface area (Å²) in [6, 6.07) is 12.7. The average molecular weight is 415 g/mol. The highest BCUT2D eigenvalue weighted by Crippen LogP contribution is 2.34. The topological polar surface area (TPSA) is 143 Å². The van der Waals surface area contributed by atoms with Crippen molar-refractivity contribution in [3.63, 3.8) is 0 Å². The van der Waals surface area contributed by atoms with Crippen LogP contribution >= 0.6 is 0 Å². The van der Waals surface area contributed by atoms with Gasteiger partial charge >= 0.3 is 0 Å². The second kappa shape index (κ2) is 9.43. The molecule has 8 heteroatoms. The van der Waals surface area contributed by atoms with E-state index in [0.29, 0.717) is 12.0 Å². The smallest absolute Gasteiger partial charge is 0.229 e. The van der Waals surface area contributed by atoms with Gasteiger partial charge in [0, 0.05) is 6.07 Å². The molecule has 0 unspecified atom stereocenters. The number of aryl methyl sites for hydroxylation is 1. The molecule has 1 saturated heterocycles. The van der Waals surface area contributed by atoms with Crippen molar-refractivity contribution >= 4 is 0 Å². The lowest BCUT2D eigenvalue weighted by molar-refractivity contribution is -0.277. The average Bonchev–Trinajstić information content (AvgIpc) is 2.76. The molecule has 2 aromatic carbocycles. The van der Waals surface area contributed by atoms with Gasteiger partial charge in [-0.2, -0.15) is 5.26 Å². The summed E-state index contributed by atoms with van der Waals surface area (Å²) < 4.78 is 10.9. The molecule has 0 aromatic heterocycles. The molecule has 5 atom stereocenters. The zero-order valence-corrected chi connectivity index (χ0v) is 16.5. The van der Waals surface area contributed by atoms with Crippen molar-refractivity contribution in [2.24, 2.45) is 0 Å². The van der Waals surface area contributed by atoms with Gasteiger partial charge < -0.3 is 35.0 Å². The fourth-order valence-corrected chi connectivity index (χ4v) is 3.36. The molecule has 3 rings (SSSR count). The Balaban J connectivity index is 1.86. The first-order chi connectivity index (χ1) is 14.4. The minimum Gasteiger partial charge on any atom is -0.504 e. The van der Waals surface area contributed by atoms with E-state index >= 15 is 0 Å². The fourth-order valence-electron chi connectivity index (χ4n) is 3.36. The number of rotatable bonds is 6. The van der Waals surface area contributed by atoms with Gasteiger partial charge in [0.1, 0.15) is 24.4 Å². The lowest BCUT2D eigenvalue weighted by Crippen LogP contribution is -2.60. The van der Waals surface area contributed by atoms with Crippen molar-refractivity contribution in [1.29, 1.82) is 5.26 Å². The number of aliphatic hydroxyl groups excluding tert-OH is 4. The van der Waals surface area contributed by atoms with Crippen LogP contribution in [0.3, 0.4) is 0 Å². The van der Waals surface area contributed by atoms with Crippen LogP contribution in [0.1, 0.15) is 29.2 Å². The number of aromatic hydroxyl groups is 1. The first-order valence-electron chi connectivity index (χ1n) is 9.68. The highest BCUT2D eigenvalue weighted by molar-refractivity contribution is 5.52. The maximum absolute atomic E-state index is 10.3. The van der Waals surface area contributed by atoms with E-state index in [0.717, 1.165) is 12.0 Å². The molecule has 0 radical (unpaired) electrons. The number of phenolic OH excluding ortho intramolecular Hbond substituents is 1. The van der Waals surface area contributed by atoms with E-state index < -0.39 is 37.3 Å². The molecule has 160 valence electrons. The van der Waals surface area contributed by atoms with Crippen molar-refractivity contribution in [1.82, 2.24) is 0 Å². The number of hydrogen-bond donors (Lipinski definition) is 5. The van der Waals surface area contributed by atoms with Gasteiger partial charge in [-0.15, -0.1) is 0 Å². The van der Waals surface area contributed by atoms with E-state index in [4.69, 9.17) is 9.47 Å². The number of ether oxygens (including phenoxy) is 2. The molecule has 1 aliphatic rings. The molecule has 30 heavy (non-hydrogen) atoms. The van der Waals surface area contributed by atoms with E-state index in [2.05, 4.69) is 6.92 Å². The van der Waals surface area contributed by atoms with Crippen LogP contribution < -0.4 is 4.74 Å². The van der Waals surface area contributed by atoms with Crippen LogP contribution in [0.25, 0.3) is 0 Å². The van der Waals surface area contributed by atoms with Crippen molar-refractivity contribution in [2.45, 2.75) is 50.5 Å². The molecule has 0 spiro atoms. The first kappa shape index (κ1) is 22.0. The lowest BCUT2D eigenvalue weighted by atomic mass is 9.98. The van der Waals surface area contributed by atoms with E-state index in [-0.39, 0.29) is 17.1 Å². The normalized spacial score (nSPS) is 26.2. The quantitative estimate of drug-likeness (QED) is 0.461. The van der Waals surface area contributed by atoms with Gasteiger partial charge in [0.25, 0.3) is 0 Å². The van der Waals surface area contributed by atoms with Gasteiger partial charge in [-0.25, -0.2) is 0 Å². The molecule has 1 aliphatic heterocycles. The molecule has 8 nitrogen and oxygen atoms in total. The minimum atomic E-state index is -1.61. The SMILES string of the molecule is CCc1ccc(Cc2cc(O[C@@H]3O[C@H](CO)[C@@H](O)[C@H](O)[C@H]3O)c(O)cc2C#N)cc1. The summed E-state index contributed by atoms with van der Waals surface area (Å²) in [4.78, 5) is 0. The standard InChI is InChI=1S/C22H25NO7/c1-2-12-3-5-13(6-4-12)7-14-9-17(16(25)8-15(14)10-23)29-22-21(28)20(27)19(26)18(11-24)30-22/h3-6,8-9,18-22,24-28H,2,7,11H2,1H3/t18-,19-,20+,21-,22-/m1/s1. The molecule has 0 saturated carbocycles. The van der Waals surface area contributed by atoms with E-state index in [9.17, 15) is 30.8 Å². The monoisotopic (exact) mass is 415 g/mol. The summed E-state index contributed by atoms with van der Waals surface area (Å²) in [5.41, 5.74) is 3.03. The van der Waals surface area contributed by atoms with Crippen molar-refractivity contribution in [3.8, 4) is 17.6 Å². The largest absolute Gasteiger partial charge is 0.504 e. The van der Waals surface area contributed by atoms with E-state index in [1.165, 1.54) is 17.7 Å². The van der Waals surface area contributed by atoms with E-state index in [1.807, 2.05) is 30.3 Å². The number of phenols is 1. The van der Waals surface area contributed by atoms with Crippen LogP contribution in [0.4, 0.5) is 0 Å². The van der Waals surface area contributed by atoms with Gasteiger partial charge in [-0.3, -0.25) is 0 Å². The van der Waals surface area contributed by atoms with Gasteiger partial charge in [0.15, 0.2) is 11.5 Å².